The van der Waals surface area contributed by atoms with Crippen LogP contribution in [0.4, 0.5) is 0 Å². The molecule has 1 aromatic carbocycles. The van der Waals surface area contributed by atoms with Crippen LogP contribution in [0, 0.1) is 6.92 Å². The Morgan fingerprint density at radius 2 is 2.33 bits per heavy atom. The largest absolute Gasteiger partial charge is 0.481 e. The van der Waals surface area contributed by atoms with Crippen molar-refractivity contribution in [3.8, 4) is 0 Å². The van der Waals surface area contributed by atoms with Gasteiger partial charge in [0.2, 0.25) is 6.39 Å². The van der Waals surface area contributed by atoms with Crippen LogP contribution in [-0.2, 0) is 11.3 Å². The molecule has 2 aromatic heterocycles. The number of rotatable bonds is 5. The molecule has 0 amide bonds. The number of carbonyl (C=O) groups is 1. The molecule has 0 saturated carbocycles. The normalized spacial score (nSPS) is 11.1. The Morgan fingerprint density at radius 1 is 1.48 bits per heavy atom. The molecule has 21 heavy (non-hydrogen) atoms. The minimum atomic E-state index is -0.880. The smallest absolute Gasteiger partial charge is 0.313 e. The summed E-state index contributed by atoms with van der Waals surface area (Å²) in [5.41, 5.74) is 2.84. The van der Waals surface area contributed by atoms with Crippen molar-refractivity contribution >= 4 is 28.8 Å². The van der Waals surface area contributed by atoms with E-state index in [1.54, 1.807) is 0 Å². The number of hydrogen-bond donors (Lipinski definition) is 1. The summed E-state index contributed by atoms with van der Waals surface area (Å²) in [7, 11) is 0. The third-order valence-corrected chi connectivity index (χ3v) is 3.86. The molecule has 0 unspecified atom stereocenters. The van der Waals surface area contributed by atoms with Crippen molar-refractivity contribution in [1.29, 1.82) is 0 Å². The summed E-state index contributed by atoms with van der Waals surface area (Å²) in [6, 6.07) is 5.91. The van der Waals surface area contributed by atoms with Gasteiger partial charge in [-0.25, -0.2) is 4.98 Å². The molecule has 0 aliphatic rings. The Bertz CT molecular complexity index is 782. The van der Waals surface area contributed by atoms with Crippen LogP contribution in [0.5, 0.6) is 0 Å². The number of imidazole rings is 1. The third-order valence-electron chi connectivity index (χ3n) is 2.90. The number of benzene rings is 1. The standard InChI is InChI=1S/C13H12N4O3S/c1-8-2-3-10-9(4-8)15-13(21-6-12(18)19)17(10)5-11-14-7-20-16-11/h2-4,7H,5-6H2,1H3,(H,18,19). The van der Waals surface area contributed by atoms with Gasteiger partial charge in [-0.3, -0.25) is 4.79 Å². The highest BCUT2D eigenvalue weighted by molar-refractivity contribution is 7.99. The quantitative estimate of drug-likeness (QED) is 0.720. The number of thioether (sulfide) groups is 1. The van der Waals surface area contributed by atoms with Crippen LogP contribution in [0.2, 0.25) is 0 Å². The number of aromatic nitrogens is 4. The van der Waals surface area contributed by atoms with Crippen LogP contribution < -0.4 is 0 Å². The maximum absolute atomic E-state index is 10.8. The van der Waals surface area contributed by atoms with E-state index in [0.717, 1.165) is 16.6 Å². The van der Waals surface area contributed by atoms with Gasteiger partial charge in [0.1, 0.15) is 0 Å². The average Bonchev–Trinajstić information content (AvgIpc) is 3.05. The van der Waals surface area contributed by atoms with E-state index in [0.29, 0.717) is 17.5 Å². The van der Waals surface area contributed by atoms with Crippen molar-refractivity contribution < 1.29 is 14.4 Å². The molecule has 0 fully saturated rings. The molecule has 0 aliphatic carbocycles. The number of carboxylic acids is 1. The van der Waals surface area contributed by atoms with Crippen LogP contribution in [0.15, 0.2) is 34.3 Å². The second-order valence-electron chi connectivity index (χ2n) is 4.50. The molecule has 0 atom stereocenters. The van der Waals surface area contributed by atoms with Crippen molar-refractivity contribution in [2.75, 3.05) is 5.75 Å². The fourth-order valence-corrected chi connectivity index (χ4v) is 2.74. The summed E-state index contributed by atoms with van der Waals surface area (Å²) in [4.78, 5) is 19.3. The highest BCUT2D eigenvalue weighted by Gasteiger charge is 2.14. The number of aliphatic carboxylic acids is 1. The highest BCUT2D eigenvalue weighted by atomic mass is 32.2. The summed E-state index contributed by atoms with van der Waals surface area (Å²) >= 11 is 1.17. The first kappa shape index (κ1) is 13.6. The van der Waals surface area contributed by atoms with Crippen molar-refractivity contribution in [2.24, 2.45) is 0 Å². The molecule has 0 radical (unpaired) electrons. The highest BCUT2D eigenvalue weighted by Crippen LogP contribution is 2.25. The monoisotopic (exact) mass is 304 g/mol. The van der Waals surface area contributed by atoms with Gasteiger partial charge in [-0.15, -0.1) is 0 Å². The molecule has 1 N–H and O–H groups in total. The lowest BCUT2D eigenvalue weighted by Gasteiger charge is -2.05. The van der Waals surface area contributed by atoms with E-state index in [1.807, 2.05) is 29.7 Å². The van der Waals surface area contributed by atoms with Gasteiger partial charge in [0, 0.05) is 0 Å². The van der Waals surface area contributed by atoms with Gasteiger partial charge in [-0.05, 0) is 24.6 Å². The molecule has 108 valence electrons. The van der Waals surface area contributed by atoms with Gasteiger partial charge in [-0.1, -0.05) is 23.0 Å². The fraction of sp³-hybridized carbons (Fsp3) is 0.231. The molecular weight excluding hydrogens is 292 g/mol. The number of hydrogen-bond acceptors (Lipinski definition) is 6. The third kappa shape index (κ3) is 2.89. The Morgan fingerprint density at radius 3 is 3.05 bits per heavy atom. The van der Waals surface area contributed by atoms with Crippen molar-refractivity contribution in [1.82, 2.24) is 19.7 Å². The summed E-state index contributed by atoms with van der Waals surface area (Å²) < 4.78 is 6.63. The van der Waals surface area contributed by atoms with Gasteiger partial charge in [0.25, 0.3) is 0 Å². The van der Waals surface area contributed by atoms with Crippen LogP contribution in [0.1, 0.15) is 11.4 Å². The molecule has 0 saturated heterocycles. The van der Waals surface area contributed by atoms with Crippen LogP contribution in [-0.4, -0.2) is 36.5 Å². The van der Waals surface area contributed by atoms with Crippen LogP contribution in [0.3, 0.4) is 0 Å². The zero-order chi connectivity index (χ0) is 14.8. The van der Waals surface area contributed by atoms with Crippen LogP contribution >= 0.6 is 11.8 Å². The number of fused-ring (bicyclic) bond motifs is 1. The van der Waals surface area contributed by atoms with E-state index < -0.39 is 5.97 Å². The minimum absolute atomic E-state index is 0.0471. The molecule has 8 heteroatoms. The molecule has 2 heterocycles. The van der Waals surface area contributed by atoms with Gasteiger partial charge < -0.3 is 14.2 Å². The molecule has 0 bridgehead atoms. The first-order chi connectivity index (χ1) is 10.1. The van der Waals surface area contributed by atoms with E-state index in [4.69, 9.17) is 9.63 Å². The topological polar surface area (TPSA) is 94.0 Å². The lowest BCUT2D eigenvalue weighted by Crippen LogP contribution is -2.05. The van der Waals surface area contributed by atoms with Gasteiger partial charge in [0.15, 0.2) is 11.0 Å². The second-order valence-corrected chi connectivity index (χ2v) is 5.45. The number of nitrogens with zero attached hydrogens (tertiary/aromatic N) is 4. The summed E-state index contributed by atoms with van der Waals surface area (Å²) in [5, 5.41) is 13.3. The fourth-order valence-electron chi connectivity index (χ4n) is 2.01. The molecule has 3 aromatic rings. The van der Waals surface area contributed by atoms with Gasteiger partial charge >= 0.3 is 5.97 Å². The molecule has 0 spiro atoms. The van der Waals surface area contributed by atoms with E-state index in [-0.39, 0.29) is 5.75 Å². The van der Waals surface area contributed by atoms with E-state index in [1.165, 1.54) is 18.2 Å². The van der Waals surface area contributed by atoms with Gasteiger partial charge in [-0.2, -0.15) is 4.98 Å². The van der Waals surface area contributed by atoms with Crippen molar-refractivity contribution in [3.05, 3.63) is 36.0 Å². The Labute approximate surface area is 124 Å². The molecule has 0 aliphatic heterocycles. The maximum atomic E-state index is 10.8. The summed E-state index contributed by atoms with van der Waals surface area (Å²) in [6.07, 6.45) is 1.27. The first-order valence-electron chi connectivity index (χ1n) is 6.20. The zero-order valence-corrected chi connectivity index (χ0v) is 12.0. The van der Waals surface area contributed by atoms with E-state index >= 15 is 0 Å². The lowest BCUT2D eigenvalue weighted by atomic mass is 10.2. The average molecular weight is 304 g/mol. The molecular formula is C13H12N4O3S. The summed E-state index contributed by atoms with van der Waals surface area (Å²) in [5.74, 6) is -0.407. The van der Waals surface area contributed by atoms with Crippen molar-refractivity contribution in [3.63, 3.8) is 0 Å². The number of aryl methyl sites for hydroxylation is 1. The minimum Gasteiger partial charge on any atom is -0.481 e. The molecule has 3 rings (SSSR count). The second kappa shape index (κ2) is 5.57. The Balaban J connectivity index is 2.03. The SMILES string of the molecule is Cc1ccc2c(c1)nc(SCC(=O)O)n2Cc1ncon1. The predicted molar refractivity (Wildman–Crippen MR) is 76.2 cm³/mol. The Kier molecular flexibility index (Phi) is 3.61. The predicted octanol–water partition coefficient (Wildman–Crippen LogP) is 1.95. The van der Waals surface area contributed by atoms with Crippen LogP contribution in [0.25, 0.3) is 11.0 Å². The van der Waals surface area contributed by atoms with E-state index in [2.05, 4.69) is 15.1 Å². The van der Waals surface area contributed by atoms with E-state index in [9.17, 15) is 4.79 Å². The van der Waals surface area contributed by atoms with Crippen molar-refractivity contribution in [2.45, 2.75) is 18.6 Å². The first-order valence-corrected chi connectivity index (χ1v) is 7.19. The van der Waals surface area contributed by atoms with Gasteiger partial charge in [0.05, 0.1) is 23.3 Å². The Hall–Kier alpha value is -2.35. The number of carboxylic acid groups (broad SMARTS) is 1. The summed E-state index contributed by atoms with van der Waals surface area (Å²) in [6.45, 7) is 2.37. The zero-order valence-electron chi connectivity index (χ0n) is 11.2. The maximum Gasteiger partial charge on any atom is 0.313 e. The lowest BCUT2D eigenvalue weighted by molar-refractivity contribution is -0.133. The molecule has 7 nitrogen and oxygen atoms in total.